The number of hydrogen-bond donors (Lipinski definition) is 0. The molecule has 27 heavy (non-hydrogen) atoms. The van der Waals surface area contributed by atoms with Crippen molar-refractivity contribution in [2.75, 3.05) is 6.54 Å². The van der Waals surface area contributed by atoms with E-state index in [0.717, 1.165) is 12.8 Å². The van der Waals surface area contributed by atoms with Crippen LogP contribution >= 0.6 is 11.8 Å². The van der Waals surface area contributed by atoms with E-state index in [1.54, 1.807) is 0 Å². The quantitative estimate of drug-likeness (QED) is 0.649. The van der Waals surface area contributed by atoms with Crippen LogP contribution in [0, 0.1) is 5.82 Å². The molecule has 138 valence electrons. The number of hydrogen-bond acceptors (Lipinski definition) is 5. The topological polar surface area (TPSA) is 67.6 Å². The van der Waals surface area contributed by atoms with Gasteiger partial charge in [-0.25, -0.2) is 4.39 Å². The second kappa shape index (κ2) is 7.48. The second-order valence-electron chi connectivity index (χ2n) is 6.32. The van der Waals surface area contributed by atoms with Crippen molar-refractivity contribution in [2.45, 2.75) is 29.7 Å². The third kappa shape index (κ3) is 3.57. The molecule has 1 saturated heterocycles. The van der Waals surface area contributed by atoms with E-state index >= 15 is 0 Å². The molecule has 0 N–H and O–H groups in total. The molecule has 1 aliphatic heterocycles. The molecule has 1 fully saturated rings. The van der Waals surface area contributed by atoms with Gasteiger partial charge in [-0.15, -0.1) is 10.2 Å². The van der Waals surface area contributed by atoms with Crippen molar-refractivity contribution < 1.29 is 14.0 Å². The van der Waals surface area contributed by atoms with Gasteiger partial charge in [0.15, 0.2) is 10.8 Å². The molecular weight excluding hydrogens is 367 g/mol. The summed E-state index contributed by atoms with van der Waals surface area (Å²) in [6.45, 7) is 0.368. The monoisotopic (exact) mass is 384 g/mol. The molecule has 0 saturated carbocycles. The van der Waals surface area contributed by atoms with Gasteiger partial charge >= 0.3 is 0 Å². The molecule has 1 atom stereocenters. The van der Waals surface area contributed by atoms with E-state index < -0.39 is 17.0 Å². The zero-order chi connectivity index (χ0) is 18.8. The van der Waals surface area contributed by atoms with Crippen LogP contribution in [0.4, 0.5) is 4.39 Å². The minimum Gasteiger partial charge on any atom is -0.278 e. The summed E-state index contributed by atoms with van der Waals surface area (Å²) in [6.07, 6.45) is 4.10. The van der Waals surface area contributed by atoms with Crippen molar-refractivity contribution in [1.82, 2.24) is 19.5 Å². The number of thioether (sulfide) groups is 1. The Morgan fingerprint density at radius 1 is 1.11 bits per heavy atom. The molecule has 3 heterocycles. The lowest BCUT2D eigenvalue weighted by molar-refractivity contribution is -0.127. The van der Waals surface area contributed by atoms with Crippen molar-refractivity contribution in [3.05, 3.63) is 60.0 Å². The normalized spacial score (nSPS) is 17.9. The van der Waals surface area contributed by atoms with E-state index in [0.29, 0.717) is 29.3 Å². The van der Waals surface area contributed by atoms with E-state index in [4.69, 9.17) is 0 Å². The van der Waals surface area contributed by atoms with E-state index in [1.165, 1.54) is 40.9 Å². The first-order chi connectivity index (χ1) is 13.1. The summed E-state index contributed by atoms with van der Waals surface area (Å²) in [7, 11) is 0. The Bertz CT molecular complexity index is 989. The number of amides is 2. The minimum absolute atomic E-state index is 0.237. The van der Waals surface area contributed by atoms with Crippen molar-refractivity contribution in [3.63, 3.8) is 0 Å². The molecule has 0 aliphatic carbocycles. The Morgan fingerprint density at radius 3 is 2.74 bits per heavy atom. The van der Waals surface area contributed by atoms with Gasteiger partial charge < -0.3 is 0 Å². The molecule has 2 amide bonds. The summed E-state index contributed by atoms with van der Waals surface area (Å²) in [5, 5.41) is 8.49. The highest BCUT2D eigenvalue weighted by molar-refractivity contribution is 8.00. The summed E-state index contributed by atoms with van der Waals surface area (Å²) in [4.78, 5) is 27.1. The molecular formula is C19H17FN4O2S. The van der Waals surface area contributed by atoms with Gasteiger partial charge in [0.05, 0.1) is 5.25 Å². The third-order valence-corrected chi connectivity index (χ3v) is 5.72. The van der Waals surface area contributed by atoms with Crippen LogP contribution in [0.25, 0.3) is 5.65 Å². The van der Waals surface area contributed by atoms with Crippen LogP contribution < -0.4 is 0 Å². The summed E-state index contributed by atoms with van der Waals surface area (Å²) >= 11 is 1.33. The Kier molecular flexibility index (Phi) is 4.89. The van der Waals surface area contributed by atoms with Gasteiger partial charge in [0.25, 0.3) is 5.91 Å². The standard InChI is InChI=1S/C19H17FN4O2S/c20-14-9-7-13(8-10-14)17(25)24-12-3-1-5-15(18(24)26)27-19-22-21-16-6-2-4-11-23(16)19/h2,4,6-11,15H,1,3,5,12H2/t15-/m1/s1. The van der Waals surface area contributed by atoms with Gasteiger partial charge in [0.1, 0.15) is 5.82 Å². The maximum Gasteiger partial charge on any atom is 0.260 e. The Labute approximate surface area is 159 Å². The fourth-order valence-corrected chi connectivity index (χ4v) is 4.22. The lowest BCUT2D eigenvalue weighted by atomic mass is 10.2. The highest BCUT2D eigenvalue weighted by Crippen LogP contribution is 2.30. The average Bonchev–Trinajstić information content (AvgIpc) is 3.00. The smallest absolute Gasteiger partial charge is 0.260 e. The van der Waals surface area contributed by atoms with Gasteiger partial charge in [0, 0.05) is 18.3 Å². The summed E-state index contributed by atoms with van der Waals surface area (Å²) < 4.78 is 15.0. The number of rotatable bonds is 3. The fraction of sp³-hybridized carbons (Fsp3) is 0.263. The zero-order valence-corrected chi connectivity index (χ0v) is 15.2. The van der Waals surface area contributed by atoms with Crippen LogP contribution in [-0.2, 0) is 4.79 Å². The Morgan fingerprint density at radius 2 is 1.93 bits per heavy atom. The number of fused-ring (bicyclic) bond motifs is 1. The van der Waals surface area contributed by atoms with Crippen LogP contribution in [0.15, 0.2) is 53.8 Å². The predicted octanol–water partition coefficient (Wildman–Crippen LogP) is 3.18. The lowest BCUT2D eigenvalue weighted by Gasteiger charge is -2.22. The highest BCUT2D eigenvalue weighted by Gasteiger charge is 2.33. The van der Waals surface area contributed by atoms with Gasteiger partial charge in [-0.1, -0.05) is 24.2 Å². The average molecular weight is 384 g/mol. The van der Waals surface area contributed by atoms with Crippen LogP contribution in [0.1, 0.15) is 29.6 Å². The Balaban J connectivity index is 1.57. The molecule has 1 aliphatic rings. The SMILES string of the molecule is O=C(c1ccc(F)cc1)N1CCCC[C@@H](Sc2nnc3ccccn23)C1=O. The lowest BCUT2D eigenvalue weighted by Crippen LogP contribution is -2.41. The number of nitrogens with zero attached hydrogens (tertiary/aromatic N) is 4. The third-order valence-electron chi connectivity index (χ3n) is 4.51. The van der Waals surface area contributed by atoms with Crippen molar-refractivity contribution in [1.29, 1.82) is 0 Å². The first-order valence-electron chi connectivity index (χ1n) is 8.71. The van der Waals surface area contributed by atoms with Crippen LogP contribution in [0.5, 0.6) is 0 Å². The highest BCUT2D eigenvalue weighted by atomic mass is 32.2. The first kappa shape index (κ1) is 17.7. The number of likely N-dealkylation sites (tertiary alicyclic amines) is 1. The van der Waals surface area contributed by atoms with Crippen LogP contribution in [-0.4, -0.2) is 43.1 Å². The molecule has 0 spiro atoms. The van der Waals surface area contributed by atoms with Gasteiger partial charge in [0.2, 0.25) is 5.91 Å². The number of carbonyl (C=O) groups excluding carboxylic acids is 2. The van der Waals surface area contributed by atoms with Crippen molar-refractivity contribution in [3.8, 4) is 0 Å². The summed E-state index contributed by atoms with van der Waals surface area (Å²) in [5.74, 6) is -1.04. The number of imide groups is 1. The van der Waals surface area contributed by atoms with E-state index in [1.807, 2.05) is 28.8 Å². The molecule has 4 rings (SSSR count). The summed E-state index contributed by atoms with van der Waals surface area (Å²) in [5.41, 5.74) is 1.02. The number of aromatic nitrogens is 3. The second-order valence-corrected chi connectivity index (χ2v) is 7.49. The predicted molar refractivity (Wildman–Crippen MR) is 98.9 cm³/mol. The molecule has 0 unspecified atom stereocenters. The number of halogens is 1. The summed E-state index contributed by atoms with van der Waals surface area (Å²) in [6, 6.07) is 10.9. The number of carbonyl (C=O) groups is 2. The maximum absolute atomic E-state index is 13.1. The molecule has 0 radical (unpaired) electrons. The van der Waals surface area contributed by atoms with Gasteiger partial charge in [-0.05, 0) is 49.2 Å². The molecule has 6 nitrogen and oxygen atoms in total. The first-order valence-corrected chi connectivity index (χ1v) is 9.59. The van der Waals surface area contributed by atoms with E-state index in [9.17, 15) is 14.0 Å². The van der Waals surface area contributed by atoms with Crippen molar-refractivity contribution >= 4 is 29.2 Å². The number of pyridine rings is 1. The van der Waals surface area contributed by atoms with Gasteiger partial charge in [-0.2, -0.15) is 0 Å². The fourth-order valence-electron chi connectivity index (χ4n) is 3.09. The molecule has 3 aromatic rings. The van der Waals surface area contributed by atoms with Crippen LogP contribution in [0.3, 0.4) is 0 Å². The van der Waals surface area contributed by atoms with Crippen molar-refractivity contribution in [2.24, 2.45) is 0 Å². The Hall–Kier alpha value is -2.74. The van der Waals surface area contributed by atoms with E-state index in [2.05, 4.69) is 10.2 Å². The largest absolute Gasteiger partial charge is 0.278 e. The van der Waals surface area contributed by atoms with Crippen LogP contribution in [0.2, 0.25) is 0 Å². The maximum atomic E-state index is 13.1. The molecule has 2 aromatic heterocycles. The molecule has 1 aromatic carbocycles. The van der Waals surface area contributed by atoms with Gasteiger partial charge in [-0.3, -0.25) is 18.9 Å². The number of benzene rings is 1. The van der Waals surface area contributed by atoms with E-state index in [-0.39, 0.29) is 5.91 Å². The zero-order valence-electron chi connectivity index (χ0n) is 14.4. The molecule has 8 heteroatoms. The molecule has 0 bridgehead atoms. The minimum atomic E-state index is -0.416.